The van der Waals surface area contributed by atoms with Crippen LogP contribution in [0.1, 0.15) is 23.7 Å². The van der Waals surface area contributed by atoms with Gasteiger partial charge in [0.15, 0.2) is 0 Å². The minimum atomic E-state index is 0.144. The van der Waals surface area contributed by atoms with Gasteiger partial charge in [0.2, 0.25) is 5.91 Å². The fraction of sp³-hybridized carbons (Fsp3) is 0.438. The molecule has 0 radical (unpaired) electrons. The lowest BCUT2D eigenvalue weighted by atomic mass is 9.93. The van der Waals surface area contributed by atoms with Crippen molar-refractivity contribution in [2.75, 3.05) is 13.6 Å². The third-order valence-corrected chi connectivity index (χ3v) is 4.36. The molecule has 116 valence electrons. The summed E-state index contributed by atoms with van der Waals surface area (Å²) in [5, 5.41) is 11.2. The molecule has 0 aliphatic carbocycles. The van der Waals surface area contributed by atoms with Crippen LogP contribution in [0.4, 0.5) is 0 Å². The number of likely N-dealkylation sites (tertiary alicyclic amines) is 1. The lowest BCUT2D eigenvalue weighted by Gasteiger charge is -2.25. The lowest BCUT2D eigenvalue weighted by molar-refractivity contribution is -0.127. The van der Waals surface area contributed by atoms with Gasteiger partial charge >= 0.3 is 0 Å². The van der Waals surface area contributed by atoms with Crippen molar-refractivity contribution in [2.45, 2.75) is 19.0 Å². The SMILES string of the molecule is CN1C(=O)C[C@@H](CNCc2cnnn2C)[C@@H]1c1ccccc1. The van der Waals surface area contributed by atoms with Crippen LogP contribution in [0.25, 0.3) is 0 Å². The second kappa shape index (κ2) is 6.27. The van der Waals surface area contributed by atoms with Crippen LogP contribution in [-0.4, -0.2) is 39.4 Å². The van der Waals surface area contributed by atoms with E-state index in [-0.39, 0.29) is 17.9 Å². The Morgan fingerprint density at radius 3 is 2.73 bits per heavy atom. The number of carbonyl (C=O) groups excluding carboxylic acids is 1. The van der Waals surface area contributed by atoms with Crippen molar-refractivity contribution < 1.29 is 4.79 Å². The minimum absolute atomic E-state index is 0.144. The fourth-order valence-electron chi connectivity index (χ4n) is 3.14. The molecule has 2 aromatic rings. The summed E-state index contributed by atoms with van der Waals surface area (Å²) >= 11 is 0. The van der Waals surface area contributed by atoms with Gasteiger partial charge in [0.25, 0.3) is 0 Å². The van der Waals surface area contributed by atoms with E-state index in [1.54, 1.807) is 10.9 Å². The Morgan fingerprint density at radius 1 is 1.27 bits per heavy atom. The Bertz CT molecular complexity index is 639. The van der Waals surface area contributed by atoms with Crippen molar-refractivity contribution in [3.05, 3.63) is 47.8 Å². The van der Waals surface area contributed by atoms with Crippen LogP contribution in [0.2, 0.25) is 0 Å². The van der Waals surface area contributed by atoms with Gasteiger partial charge in [-0.2, -0.15) is 0 Å². The van der Waals surface area contributed by atoms with Crippen molar-refractivity contribution in [1.29, 1.82) is 0 Å². The maximum atomic E-state index is 12.1. The van der Waals surface area contributed by atoms with Crippen LogP contribution >= 0.6 is 0 Å². The van der Waals surface area contributed by atoms with E-state index in [1.165, 1.54) is 5.56 Å². The molecule has 1 aromatic heterocycles. The number of carbonyl (C=O) groups is 1. The number of hydrogen-bond acceptors (Lipinski definition) is 4. The number of rotatable bonds is 5. The number of nitrogens with zero attached hydrogens (tertiary/aromatic N) is 4. The third kappa shape index (κ3) is 2.87. The summed E-state index contributed by atoms with van der Waals surface area (Å²) in [7, 11) is 3.77. The van der Waals surface area contributed by atoms with Gasteiger partial charge in [0, 0.05) is 39.5 Å². The molecule has 6 nitrogen and oxygen atoms in total. The summed E-state index contributed by atoms with van der Waals surface area (Å²) in [6.07, 6.45) is 2.35. The topological polar surface area (TPSA) is 63.1 Å². The molecule has 0 unspecified atom stereocenters. The zero-order chi connectivity index (χ0) is 15.5. The van der Waals surface area contributed by atoms with Gasteiger partial charge in [-0.05, 0) is 5.56 Å². The number of hydrogen-bond donors (Lipinski definition) is 1. The zero-order valence-electron chi connectivity index (χ0n) is 12.9. The predicted molar refractivity (Wildman–Crippen MR) is 82.8 cm³/mol. The van der Waals surface area contributed by atoms with E-state index in [4.69, 9.17) is 0 Å². The van der Waals surface area contributed by atoms with Gasteiger partial charge in [-0.25, -0.2) is 0 Å². The molecule has 0 spiro atoms. The summed E-state index contributed by atoms with van der Waals surface area (Å²) in [6, 6.07) is 10.4. The molecule has 1 amide bonds. The molecular formula is C16H21N5O. The molecule has 1 saturated heterocycles. The maximum Gasteiger partial charge on any atom is 0.223 e. The molecule has 0 saturated carbocycles. The number of aromatic nitrogens is 3. The molecule has 2 heterocycles. The Balaban J connectivity index is 1.66. The molecular weight excluding hydrogens is 278 g/mol. The summed E-state index contributed by atoms with van der Waals surface area (Å²) in [6.45, 7) is 1.50. The van der Waals surface area contributed by atoms with E-state index >= 15 is 0 Å². The van der Waals surface area contributed by atoms with Crippen molar-refractivity contribution in [3.63, 3.8) is 0 Å². The number of aryl methyl sites for hydroxylation is 1. The third-order valence-electron chi connectivity index (χ3n) is 4.36. The van der Waals surface area contributed by atoms with Gasteiger partial charge in [0.1, 0.15) is 0 Å². The van der Waals surface area contributed by atoms with Gasteiger partial charge in [0.05, 0.1) is 17.9 Å². The second-order valence-electron chi connectivity index (χ2n) is 5.80. The molecule has 1 aliphatic rings. The number of amides is 1. The van der Waals surface area contributed by atoms with Crippen molar-refractivity contribution >= 4 is 5.91 Å². The highest BCUT2D eigenvalue weighted by molar-refractivity contribution is 5.79. The second-order valence-corrected chi connectivity index (χ2v) is 5.80. The van der Waals surface area contributed by atoms with E-state index in [9.17, 15) is 4.79 Å². The zero-order valence-corrected chi connectivity index (χ0v) is 12.9. The normalized spacial score (nSPS) is 21.5. The van der Waals surface area contributed by atoms with Crippen LogP contribution < -0.4 is 5.32 Å². The summed E-state index contributed by atoms with van der Waals surface area (Å²) in [5.74, 6) is 0.490. The van der Waals surface area contributed by atoms with Crippen LogP contribution in [0.5, 0.6) is 0 Å². The summed E-state index contributed by atoms with van der Waals surface area (Å²) < 4.78 is 1.76. The van der Waals surface area contributed by atoms with E-state index in [0.717, 1.165) is 12.2 Å². The Labute approximate surface area is 130 Å². The Kier molecular flexibility index (Phi) is 4.20. The van der Waals surface area contributed by atoms with E-state index in [0.29, 0.717) is 13.0 Å². The number of benzene rings is 1. The predicted octanol–water partition coefficient (Wildman–Crippen LogP) is 1.12. The van der Waals surface area contributed by atoms with Crippen LogP contribution in [0.3, 0.4) is 0 Å². The smallest absolute Gasteiger partial charge is 0.223 e. The molecule has 2 atom stereocenters. The lowest BCUT2D eigenvalue weighted by Crippen LogP contribution is -2.29. The first kappa shape index (κ1) is 14.7. The molecule has 1 aliphatic heterocycles. The highest BCUT2D eigenvalue weighted by Crippen LogP contribution is 2.36. The Morgan fingerprint density at radius 2 is 2.05 bits per heavy atom. The first-order valence-corrected chi connectivity index (χ1v) is 7.51. The number of nitrogens with one attached hydrogen (secondary N) is 1. The van der Waals surface area contributed by atoms with Crippen LogP contribution in [-0.2, 0) is 18.4 Å². The molecule has 1 fully saturated rings. The monoisotopic (exact) mass is 299 g/mol. The van der Waals surface area contributed by atoms with Gasteiger partial charge in [-0.3, -0.25) is 9.48 Å². The maximum absolute atomic E-state index is 12.1. The summed E-state index contributed by atoms with van der Waals surface area (Å²) in [4.78, 5) is 14.0. The van der Waals surface area contributed by atoms with E-state index in [1.807, 2.05) is 37.2 Å². The average molecular weight is 299 g/mol. The first-order valence-electron chi connectivity index (χ1n) is 7.51. The quantitative estimate of drug-likeness (QED) is 0.899. The Hall–Kier alpha value is -2.21. The molecule has 6 heteroatoms. The standard InChI is InChI=1S/C16H21N5O/c1-20-15(22)8-13(16(20)12-6-4-3-5-7-12)9-17-10-14-11-18-19-21(14)2/h3-7,11,13,16-17H,8-10H2,1-2H3/t13-,16-/m0/s1. The first-order chi connectivity index (χ1) is 10.7. The van der Waals surface area contributed by atoms with Gasteiger partial charge in [-0.1, -0.05) is 35.5 Å². The summed E-state index contributed by atoms with van der Waals surface area (Å²) in [5.41, 5.74) is 2.23. The molecule has 3 rings (SSSR count). The highest BCUT2D eigenvalue weighted by Gasteiger charge is 2.37. The molecule has 1 N–H and O–H groups in total. The van der Waals surface area contributed by atoms with Gasteiger partial charge in [-0.15, -0.1) is 5.10 Å². The molecule has 1 aromatic carbocycles. The van der Waals surface area contributed by atoms with E-state index in [2.05, 4.69) is 27.8 Å². The highest BCUT2D eigenvalue weighted by atomic mass is 16.2. The van der Waals surface area contributed by atoms with Crippen molar-refractivity contribution in [1.82, 2.24) is 25.2 Å². The average Bonchev–Trinajstić information content (AvgIpc) is 3.05. The van der Waals surface area contributed by atoms with Crippen molar-refractivity contribution in [2.24, 2.45) is 13.0 Å². The van der Waals surface area contributed by atoms with Crippen LogP contribution in [0.15, 0.2) is 36.5 Å². The molecule has 0 bridgehead atoms. The molecule has 22 heavy (non-hydrogen) atoms. The minimum Gasteiger partial charge on any atom is -0.338 e. The fourth-order valence-corrected chi connectivity index (χ4v) is 3.14. The van der Waals surface area contributed by atoms with E-state index < -0.39 is 0 Å². The van der Waals surface area contributed by atoms with Gasteiger partial charge < -0.3 is 10.2 Å². The van der Waals surface area contributed by atoms with Crippen LogP contribution in [0, 0.1) is 5.92 Å². The van der Waals surface area contributed by atoms with Crippen molar-refractivity contribution in [3.8, 4) is 0 Å². The largest absolute Gasteiger partial charge is 0.338 e.